The van der Waals surface area contributed by atoms with Crippen molar-refractivity contribution in [3.05, 3.63) is 18.2 Å². The molecule has 138 valence electrons. The summed E-state index contributed by atoms with van der Waals surface area (Å²) in [6, 6.07) is 5.31. The van der Waals surface area contributed by atoms with Gasteiger partial charge >= 0.3 is 0 Å². The number of tetrazole rings is 1. The molecular formula is C16H19N5O4S. The topological polar surface area (TPSA) is 100 Å². The number of carbonyl (C=O) groups excluding carboxylic acids is 1. The van der Waals surface area contributed by atoms with E-state index in [1.54, 1.807) is 22.9 Å². The first kappa shape index (κ1) is 17.1. The molecule has 1 saturated heterocycles. The normalized spacial score (nSPS) is 19.5. The molecule has 1 amide bonds. The summed E-state index contributed by atoms with van der Waals surface area (Å²) in [6.45, 7) is 3.40. The Morgan fingerprint density at radius 3 is 3.15 bits per heavy atom. The SMILES string of the molecule is C[C@@H](Sc1nnnn1C[C@H]1CCCO1)C(=O)Nc1ccc2c(c1)OCO2. The van der Waals surface area contributed by atoms with Crippen LogP contribution in [-0.4, -0.2) is 50.9 Å². The van der Waals surface area contributed by atoms with E-state index in [0.29, 0.717) is 28.9 Å². The maximum atomic E-state index is 12.5. The standard InChI is InChI=1S/C16H19N5O4S/c1-10(15(22)17-11-4-5-13-14(7-11)25-9-24-13)26-16-18-19-20-21(16)8-12-3-2-6-23-12/h4-5,7,10,12H,2-3,6,8-9H2,1H3,(H,17,22)/t10-,12-/m1/s1. The molecule has 9 nitrogen and oxygen atoms in total. The van der Waals surface area contributed by atoms with Crippen LogP contribution in [0.25, 0.3) is 0 Å². The van der Waals surface area contributed by atoms with Crippen LogP contribution in [0.4, 0.5) is 5.69 Å². The highest BCUT2D eigenvalue weighted by Crippen LogP contribution is 2.34. The zero-order chi connectivity index (χ0) is 17.9. The van der Waals surface area contributed by atoms with Crippen molar-refractivity contribution in [2.45, 2.75) is 42.8 Å². The zero-order valence-corrected chi connectivity index (χ0v) is 15.1. The molecule has 2 aliphatic rings. The van der Waals surface area contributed by atoms with E-state index in [2.05, 4.69) is 20.8 Å². The van der Waals surface area contributed by atoms with E-state index >= 15 is 0 Å². The second-order valence-electron chi connectivity index (χ2n) is 6.10. The smallest absolute Gasteiger partial charge is 0.237 e. The van der Waals surface area contributed by atoms with E-state index < -0.39 is 0 Å². The largest absolute Gasteiger partial charge is 0.454 e. The molecule has 0 radical (unpaired) electrons. The van der Waals surface area contributed by atoms with Gasteiger partial charge in [-0.2, -0.15) is 0 Å². The molecule has 0 aliphatic carbocycles. The van der Waals surface area contributed by atoms with Gasteiger partial charge in [-0.1, -0.05) is 11.8 Å². The van der Waals surface area contributed by atoms with Crippen molar-refractivity contribution in [3.8, 4) is 11.5 Å². The van der Waals surface area contributed by atoms with Gasteiger partial charge in [-0.05, 0) is 42.3 Å². The van der Waals surface area contributed by atoms with Crippen LogP contribution in [-0.2, 0) is 16.1 Å². The van der Waals surface area contributed by atoms with Gasteiger partial charge in [0.2, 0.25) is 17.9 Å². The van der Waals surface area contributed by atoms with E-state index in [0.717, 1.165) is 19.4 Å². The molecule has 10 heteroatoms. The summed E-state index contributed by atoms with van der Waals surface area (Å²) < 4.78 is 17.9. The summed E-state index contributed by atoms with van der Waals surface area (Å²) in [5, 5.41) is 14.9. The monoisotopic (exact) mass is 377 g/mol. The van der Waals surface area contributed by atoms with Crippen molar-refractivity contribution in [1.29, 1.82) is 0 Å². The Balaban J connectivity index is 1.36. The van der Waals surface area contributed by atoms with Crippen molar-refractivity contribution in [2.24, 2.45) is 0 Å². The molecule has 4 rings (SSSR count). The third-order valence-corrected chi connectivity index (χ3v) is 5.26. The first-order valence-electron chi connectivity index (χ1n) is 8.44. The van der Waals surface area contributed by atoms with Gasteiger partial charge in [0.25, 0.3) is 0 Å². The Kier molecular flexibility index (Phi) is 4.93. The number of carbonyl (C=O) groups is 1. The lowest BCUT2D eigenvalue weighted by atomic mass is 10.2. The average Bonchev–Trinajstić information content (AvgIpc) is 3.37. The number of nitrogens with zero attached hydrogens (tertiary/aromatic N) is 4. The fourth-order valence-corrected chi connectivity index (χ4v) is 3.61. The predicted octanol–water partition coefficient (Wildman–Crippen LogP) is 1.70. The summed E-state index contributed by atoms with van der Waals surface area (Å²) in [5.74, 6) is 1.17. The number of ether oxygens (including phenoxy) is 3. The third-order valence-electron chi connectivity index (χ3n) is 4.19. The number of hydrogen-bond acceptors (Lipinski definition) is 8. The number of rotatable bonds is 6. The minimum Gasteiger partial charge on any atom is -0.454 e. The number of hydrogen-bond donors (Lipinski definition) is 1. The van der Waals surface area contributed by atoms with Crippen LogP contribution in [0.3, 0.4) is 0 Å². The Labute approximate surface area is 154 Å². The zero-order valence-electron chi connectivity index (χ0n) is 14.3. The molecule has 1 fully saturated rings. The second-order valence-corrected chi connectivity index (χ2v) is 7.40. The number of anilines is 1. The molecule has 2 aliphatic heterocycles. The van der Waals surface area contributed by atoms with Crippen LogP contribution >= 0.6 is 11.8 Å². The fraction of sp³-hybridized carbons (Fsp3) is 0.500. The van der Waals surface area contributed by atoms with Gasteiger partial charge in [-0.25, -0.2) is 4.68 Å². The molecule has 0 saturated carbocycles. The molecule has 0 unspecified atom stereocenters. The summed E-state index contributed by atoms with van der Waals surface area (Å²) in [6.07, 6.45) is 2.20. The van der Waals surface area contributed by atoms with Gasteiger partial charge in [0, 0.05) is 18.4 Å². The van der Waals surface area contributed by atoms with Gasteiger partial charge in [-0.15, -0.1) is 5.10 Å². The molecule has 2 atom stereocenters. The summed E-state index contributed by atoms with van der Waals surface area (Å²) in [7, 11) is 0. The van der Waals surface area contributed by atoms with E-state index in [4.69, 9.17) is 14.2 Å². The van der Waals surface area contributed by atoms with Crippen LogP contribution in [0.15, 0.2) is 23.4 Å². The Bertz CT molecular complexity index is 793. The van der Waals surface area contributed by atoms with Gasteiger partial charge in [0.1, 0.15) is 0 Å². The Morgan fingerprint density at radius 2 is 2.31 bits per heavy atom. The minimum atomic E-state index is -0.366. The lowest BCUT2D eigenvalue weighted by molar-refractivity contribution is -0.115. The van der Waals surface area contributed by atoms with Crippen LogP contribution < -0.4 is 14.8 Å². The number of amides is 1. The fourth-order valence-electron chi connectivity index (χ4n) is 2.81. The lowest BCUT2D eigenvalue weighted by Gasteiger charge is -2.13. The quantitative estimate of drug-likeness (QED) is 0.759. The predicted molar refractivity (Wildman–Crippen MR) is 93.3 cm³/mol. The van der Waals surface area contributed by atoms with Crippen LogP contribution in [0.2, 0.25) is 0 Å². The molecule has 1 aromatic heterocycles. The van der Waals surface area contributed by atoms with Crippen LogP contribution in [0, 0.1) is 0 Å². The number of nitrogens with one attached hydrogen (secondary N) is 1. The molecule has 2 aromatic rings. The molecule has 1 N–H and O–H groups in total. The van der Waals surface area contributed by atoms with E-state index in [1.165, 1.54) is 11.8 Å². The minimum absolute atomic E-state index is 0.135. The molecule has 0 bridgehead atoms. The van der Waals surface area contributed by atoms with Crippen molar-refractivity contribution in [3.63, 3.8) is 0 Å². The Morgan fingerprint density at radius 1 is 1.42 bits per heavy atom. The molecule has 26 heavy (non-hydrogen) atoms. The Hall–Kier alpha value is -2.33. The lowest BCUT2D eigenvalue weighted by Crippen LogP contribution is -2.23. The molecular weight excluding hydrogens is 358 g/mol. The highest BCUT2D eigenvalue weighted by molar-refractivity contribution is 8.00. The number of fused-ring (bicyclic) bond motifs is 1. The van der Waals surface area contributed by atoms with Gasteiger partial charge < -0.3 is 19.5 Å². The van der Waals surface area contributed by atoms with E-state index in [-0.39, 0.29) is 24.1 Å². The number of thioether (sulfide) groups is 1. The van der Waals surface area contributed by atoms with Crippen LogP contribution in [0.1, 0.15) is 19.8 Å². The van der Waals surface area contributed by atoms with Crippen molar-refractivity contribution in [1.82, 2.24) is 20.2 Å². The third kappa shape index (κ3) is 3.75. The summed E-state index contributed by atoms with van der Waals surface area (Å²) in [4.78, 5) is 12.5. The van der Waals surface area contributed by atoms with Gasteiger partial charge in [-0.3, -0.25) is 4.79 Å². The highest BCUT2D eigenvalue weighted by atomic mass is 32.2. The first-order chi connectivity index (χ1) is 12.7. The van der Waals surface area contributed by atoms with Gasteiger partial charge in [0.05, 0.1) is 17.9 Å². The van der Waals surface area contributed by atoms with Crippen molar-refractivity contribution in [2.75, 3.05) is 18.7 Å². The maximum Gasteiger partial charge on any atom is 0.237 e. The second kappa shape index (κ2) is 7.50. The molecule has 3 heterocycles. The van der Waals surface area contributed by atoms with E-state index in [1.807, 2.05) is 6.92 Å². The van der Waals surface area contributed by atoms with E-state index in [9.17, 15) is 4.79 Å². The van der Waals surface area contributed by atoms with Crippen LogP contribution in [0.5, 0.6) is 11.5 Å². The average molecular weight is 377 g/mol. The van der Waals surface area contributed by atoms with Crippen molar-refractivity contribution >= 4 is 23.4 Å². The van der Waals surface area contributed by atoms with Crippen molar-refractivity contribution < 1.29 is 19.0 Å². The summed E-state index contributed by atoms with van der Waals surface area (Å²) >= 11 is 1.32. The summed E-state index contributed by atoms with van der Waals surface area (Å²) in [5.41, 5.74) is 0.658. The molecule has 1 aromatic carbocycles. The number of aromatic nitrogens is 4. The maximum absolute atomic E-state index is 12.5. The molecule has 0 spiro atoms. The highest BCUT2D eigenvalue weighted by Gasteiger charge is 2.23. The first-order valence-corrected chi connectivity index (χ1v) is 9.32. The number of benzene rings is 1. The van der Waals surface area contributed by atoms with Gasteiger partial charge in [0.15, 0.2) is 11.5 Å².